The summed E-state index contributed by atoms with van der Waals surface area (Å²) in [5.74, 6) is 1.86. The number of anilines is 1. The number of hydrogen-bond donors (Lipinski definition) is 2. The molecule has 1 unspecified atom stereocenters. The zero-order chi connectivity index (χ0) is 28.9. The molecule has 0 heterocycles. The van der Waals surface area contributed by atoms with Crippen molar-refractivity contribution in [2.24, 2.45) is 0 Å². The van der Waals surface area contributed by atoms with Crippen molar-refractivity contribution in [3.05, 3.63) is 114 Å². The highest BCUT2D eigenvalue weighted by Gasteiger charge is 2.22. The molecule has 4 aromatic rings. The van der Waals surface area contributed by atoms with E-state index in [9.17, 15) is 9.59 Å². The standard InChI is InChI=1S/C33H34N2O6/c1-38-30-15-9-12-25(32(30)39-2)16-21-31(36)35-29(23-40-22-24-10-5-3-6-11-24)33(37)34-26-17-19-28(20-18-26)41-27-13-7-4-8-14-27/h3-15,17-20,29H,16,21-23H2,1-2H3,(H,34,37)(H,35,36). The zero-order valence-electron chi connectivity index (χ0n) is 23.2. The Labute approximate surface area is 240 Å². The van der Waals surface area contributed by atoms with Crippen molar-refractivity contribution in [2.75, 3.05) is 26.1 Å². The van der Waals surface area contributed by atoms with Crippen LogP contribution in [0.1, 0.15) is 17.5 Å². The van der Waals surface area contributed by atoms with Crippen LogP contribution in [-0.4, -0.2) is 38.7 Å². The van der Waals surface area contributed by atoms with Gasteiger partial charge in [-0.3, -0.25) is 9.59 Å². The van der Waals surface area contributed by atoms with Crippen molar-refractivity contribution in [1.29, 1.82) is 0 Å². The largest absolute Gasteiger partial charge is 0.493 e. The lowest BCUT2D eigenvalue weighted by atomic mass is 10.1. The monoisotopic (exact) mass is 554 g/mol. The van der Waals surface area contributed by atoms with Crippen molar-refractivity contribution >= 4 is 17.5 Å². The van der Waals surface area contributed by atoms with Crippen LogP contribution in [0.25, 0.3) is 0 Å². The molecule has 212 valence electrons. The zero-order valence-corrected chi connectivity index (χ0v) is 23.2. The van der Waals surface area contributed by atoms with Gasteiger partial charge in [-0.2, -0.15) is 0 Å². The minimum atomic E-state index is -0.904. The van der Waals surface area contributed by atoms with Crippen molar-refractivity contribution in [3.8, 4) is 23.0 Å². The van der Waals surface area contributed by atoms with E-state index < -0.39 is 6.04 Å². The SMILES string of the molecule is COc1cccc(CCC(=O)NC(COCc2ccccc2)C(=O)Nc2ccc(Oc3ccccc3)cc2)c1OC. The van der Waals surface area contributed by atoms with Gasteiger partial charge in [0.1, 0.15) is 17.5 Å². The van der Waals surface area contributed by atoms with Crippen molar-refractivity contribution in [1.82, 2.24) is 5.32 Å². The molecule has 1 atom stereocenters. The van der Waals surface area contributed by atoms with Gasteiger partial charge in [-0.15, -0.1) is 0 Å². The smallest absolute Gasteiger partial charge is 0.249 e. The van der Waals surface area contributed by atoms with Gasteiger partial charge in [0.25, 0.3) is 0 Å². The first-order valence-electron chi connectivity index (χ1n) is 13.3. The van der Waals surface area contributed by atoms with E-state index in [0.717, 1.165) is 11.1 Å². The molecule has 2 amide bonds. The van der Waals surface area contributed by atoms with Crippen LogP contribution in [0.2, 0.25) is 0 Å². The van der Waals surface area contributed by atoms with Gasteiger partial charge in [0.15, 0.2) is 11.5 Å². The Bertz CT molecular complexity index is 1390. The molecule has 4 aromatic carbocycles. The van der Waals surface area contributed by atoms with Crippen LogP contribution in [0.5, 0.6) is 23.0 Å². The summed E-state index contributed by atoms with van der Waals surface area (Å²) in [6.07, 6.45) is 0.561. The van der Waals surface area contributed by atoms with Crippen LogP contribution in [0, 0.1) is 0 Å². The Balaban J connectivity index is 1.38. The van der Waals surface area contributed by atoms with Crippen molar-refractivity contribution in [2.45, 2.75) is 25.5 Å². The quantitative estimate of drug-likeness (QED) is 0.206. The topological polar surface area (TPSA) is 95.1 Å². The molecular formula is C33H34N2O6. The third-order valence-corrected chi connectivity index (χ3v) is 6.25. The fraction of sp³-hybridized carbons (Fsp3) is 0.212. The third-order valence-electron chi connectivity index (χ3n) is 6.25. The van der Waals surface area contributed by atoms with E-state index in [-0.39, 0.29) is 24.8 Å². The molecule has 4 rings (SSSR count). The maximum absolute atomic E-state index is 13.3. The molecule has 8 heteroatoms. The van der Waals surface area contributed by atoms with E-state index in [1.807, 2.05) is 72.8 Å². The van der Waals surface area contributed by atoms with Gasteiger partial charge in [0.2, 0.25) is 11.8 Å². The Hall–Kier alpha value is -4.82. The molecule has 41 heavy (non-hydrogen) atoms. The van der Waals surface area contributed by atoms with Crippen LogP contribution in [0.15, 0.2) is 103 Å². The first kappa shape index (κ1) is 29.2. The molecular weight excluding hydrogens is 520 g/mol. The number of methoxy groups -OCH3 is 2. The van der Waals surface area contributed by atoms with Gasteiger partial charge >= 0.3 is 0 Å². The van der Waals surface area contributed by atoms with Crippen molar-refractivity contribution in [3.63, 3.8) is 0 Å². The summed E-state index contributed by atoms with van der Waals surface area (Å²) >= 11 is 0. The summed E-state index contributed by atoms with van der Waals surface area (Å²) < 4.78 is 22.5. The average molecular weight is 555 g/mol. The van der Waals surface area contributed by atoms with Gasteiger partial charge in [-0.25, -0.2) is 0 Å². The van der Waals surface area contributed by atoms with E-state index in [1.54, 1.807) is 44.6 Å². The number of para-hydroxylation sites is 2. The number of amides is 2. The summed E-state index contributed by atoms with van der Waals surface area (Å²) in [6, 6.07) is 30.7. The lowest BCUT2D eigenvalue weighted by molar-refractivity contribution is -0.128. The minimum Gasteiger partial charge on any atom is -0.493 e. The fourth-order valence-electron chi connectivity index (χ4n) is 4.18. The first-order chi connectivity index (χ1) is 20.1. The van der Waals surface area contributed by atoms with Gasteiger partial charge in [0, 0.05) is 12.1 Å². The van der Waals surface area contributed by atoms with Gasteiger partial charge in [-0.05, 0) is 60.0 Å². The average Bonchev–Trinajstić information content (AvgIpc) is 3.01. The van der Waals surface area contributed by atoms with E-state index in [4.69, 9.17) is 18.9 Å². The number of benzene rings is 4. The molecule has 0 saturated carbocycles. The third kappa shape index (κ3) is 8.84. The first-order valence-corrected chi connectivity index (χ1v) is 13.3. The van der Waals surface area contributed by atoms with Gasteiger partial charge in [-0.1, -0.05) is 60.7 Å². The highest BCUT2D eigenvalue weighted by atomic mass is 16.5. The molecule has 0 spiro atoms. The van der Waals surface area contributed by atoms with E-state index >= 15 is 0 Å². The Morgan fingerprint density at radius 3 is 2.12 bits per heavy atom. The Kier molecular flexibility index (Phi) is 10.7. The number of ether oxygens (including phenoxy) is 4. The molecule has 2 N–H and O–H groups in total. The number of carbonyl (C=O) groups is 2. The summed E-state index contributed by atoms with van der Waals surface area (Å²) in [5, 5.41) is 5.70. The number of nitrogens with one attached hydrogen (secondary N) is 2. The van der Waals surface area contributed by atoms with E-state index in [0.29, 0.717) is 41.7 Å². The summed E-state index contributed by atoms with van der Waals surface area (Å²) in [6.45, 7) is 0.317. The minimum absolute atomic E-state index is 0.00412. The summed E-state index contributed by atoms with van der Waals surface area (Å²) in [4.78, 5) is 26.2. The Morgan fingerprint density at radius 2 is 1.44 bits per heavy atom. The van der Waals surface area contributed by atoms with Crippen molar-refractivity contribution < 1.29 is 28.5 Å². The number of hydrogen-bond acceptors (Lipinski definition) is 6. The van der Waals surface area contributed by atoms with E-state index in [1.165, 1.54) is 0 Å². The van der Waals surface area contributed by atoms with Crippen LogP contribution >= 0.6 is 0 Å². The molecule has 0 aromatic heterocycles. The Morgan fingerprint density at radius 1 is 0.756 bits per heavy atom. The molecule has 8 nitrogen and oxygen atoms in total. The van der Waals surface area contributed by atoms with Crippen LogP contribution in [0.4, 0.5) is 5.69 Å². The van der Waals surface area contributed by atoms with Crippen LogP contribution < -0.4 is 24.8 Å². The van der Waals surface area contributed by atoms with Crippen LogP contribution in [-0.2, 0) is 27.4 Å². The maximum Gasteiger partial charge on any atom is 0.249 e. The molecule has 0 fully saturated rings. The molecule has 0 aliphatic heterocycles. The molecule has 0 aliphatic rings. The van der Waals surface area contributed by atoms with Crippen LogP contribution in [0.3, 0.4) is 0 Å². The normalized spacial score (nSPS) is 11.3. The number of carbonyl (C=O) groups excluding carboxylic acids is 2. The lowest BCUT2D eigenvalue weighted by Gasteiger charge is -2.19. The number of aryl methyl sites for hydroxylation is 1. The summed E-state index contributed by atoms with van der Waals surface area (Å²) in [7, 11) is 3.13. The highest BCUT2D eigenvalue weighted by molar-refractivity contribution is 5.97. The summed E-state index contributed by atoms with van der Waals surface area (Å²) in [5.41, 5.74) is 2.37. The van der Waals surface area contributed by atoms with Gasteiger partial charge in [0.05, 0.1) is 27.4 Å². The predicted molar refractivity (Wildman–Crippen MR) is 157 cm³/mol. The van der Waals surface area contributed by atoms with E-state index in [2.05, 4.69) is 10.6 Å². The molecule has 0 radical (unpaired) electrons. The second kappa shape index (κ2) is 15.1. The molecule has 0 saturated heterocycles. The number of rotatable bonds is 14. The van der Waals surface area contributed by atoms with Gasteiger partial charge < -0.3 is 29.6 Å². The second-order valence-electron chi connectivity index (χ2n) is 9.20. The second-order valence-corrected chi connectivity index (χ2v) is 9.20. The molecule has 0 aliphatic carbocycles. The predicted octanol–water partition coefficient (Wildman–Crippen LogP) is 5.77. The lowest BCUT2D eigenvalue weighted by Crippen LogP contribution is -2.46. The maximum atomic E-state index is 13.3. The fourth-order valence-corrected chi connectivity index (χ4v) is 4.18. The highest BCUT2D eigenvalue weighted by Crippen LogP contribution is 2.31. The molecule has 0 bridgehead atoms.